The summed E-state index contributed by atoms with van der Waals surface area (Å²) in [6.07, 6.45) is 5.19. The Labute approximate surface area is 114 Å². The number of nitrogens with zero attached hydrogens (tertiary/aromatic N) is 2. The zero-order chi connectivity index (χ0) is 13.5. The molecule has 0 saturated carbocycles. The van der Waals surface area contributed by atoms with Gasteiger partial charge in [-0.15, -0.1) is 0 Å². The molecule has 0 spiro atoms. The van der Waals surface area contributed by atoms with Gasteiger partial charge in [0.05, 0.1) is 13.7 Å². The van der Waals surface area contributed by atoms with E-state index in [0.717, 1.165) is 31.5 Å². The standard InChI is InChI=1S/C14H21N3O2/c1-19-14-12(6-5-7-16-14)10-15-11-13(18)17-8-3-2-4-9-17/h5-7,15H,2-4,8-11H2,1H3. The number of likely N-dealkylation sites (tertiary alicyclic amines) is 1. The fourth-order valence-corrected chi connectivity index (χ4v) is 2.30. The highest BCUT2D eigenvalue weighted by atomic mass is 16.5. The summed E-state index contributed by atoms with van der Waals surface area (Å²) in [5.41, 5.74) is 0.969. The summed E-state index contributed by atoms with van der Waals surface area (Å²) >= 11 is 0. The molecule has 5 heteroatoms. The van der Waals surface area contributed by atoms with E-state index >= 15 is 0 Å². The van der Waals surface area contributed by atoms with Gasteiger partial charge in [-0.3, -0.25) is 4.79 Å². The summed E-state index contributed by atoms with van der Waals surface area (Å²) in [7, 11) is 1.60. The maximum absolute atomic E-state index is 12.0. The molecule has 1 aliphatic heterocycles. The normalized spacial score (nSPS) is 15.3. The highest BCUT2D eigenvalue weighted by Gasteiger charge is 2.15. The molecule has 2 rings (SSSR count). The van der Waals surface area contributed by atoms with Crippen LogP contribution in [-0.4, -0.2) is 42.5 Å². The molecule has 5 nitrogen and oxygen atoms in total. The molecule has 0 atom stereocenters. The number of piperidine rings is 1. The Hall–Kier alpha value is -1.62. The van der Waals surface area contributed by atoms with Gasteiger partial charge in [-0.05, 0) is 25.3 Å². The second-order valence-electron chi connectivity index (χ2n) is 4.72. The molecule has 1 N–H and O–H groups in total. The van der Waals surface area contributed by atoms with Crippen molar-refractivity contribution >= 4 is 5.91 Å². The first-order chi connectivity index (χ1) is 9.31. The lowest BCUT2D eigenvalue weighted by molar-refractivity contribution is -0.131. The van der Waals surface area contributed by atoms with Crippen molar-refractivity contribution in [2.75, 3.05) is 26.7 Å². The van der Waals surface area contributed by atoms with Crippen LogP contribution in [0.4, 0.5) is 0 Å². The molecule has 0 unspecified atom stereocenters. The van der Waals surface area contributed by atoms with Gasteiger partial charge in [0.2, 0.25) is 11.8 Å². The number of ether oxygens (including phenoxy) is 1. The van der Waals surface area contributed by atoms with E-state index in [9.17, 15) is 4.79 Å². The number of carbonyl (C=O) groups is 1. The minimum atomic E-state index is 0.183. The van der Waals surface area contributed by atoms with E-state index in [2.05, 4.69) is 10.3 Å². The number of hydrogen-bond donors (Lipinski definition) is 1. The molecule has 1 aromatic rings. The van der Waals surface area contributed by atoms with E-state index in [1.165, 1.54) is 6.42 Å². The molecule has 0 aromatic carbocycles. The van der Waals surface area contributed by atoms with Crippen molar-refractivity contribution < 1.29 is 9.53 Å². The number of hydrogen-bond acceptors (Lipinski definition) is 4. The molecular formula is C14H21N3O2. The Morgan fingerprint density at radius 1 is 1.42 bits per heavy atom. The van der Waals surface area contributed by atoms with Gasteiger partial charge in [-0.2, -0.15) is 0 Å². The Bertz CT molecular complexity index is 417. The summed E-state index contributed by atoms with van der Waals surface area (Å²) < 4.78 is 5.17. The molecule has 19 heavy (non-hydrogen) atoms. The lowest BCUT2D eigenvalue weighted by Gasteiger charge is -2.26. The van der Waals surface area contributed by atoms with Gasteiger partial charge in [0.15, 0.2) is 0 Å². The molecule has 1 aromatic heterocycles. The second kappa shape index (κ2) is 7.09. The maximum atomic E-state index is 12.0. The lowest BCUT2D eigenvalue weighted by Crippen LogP contribution is -2.41. The minimum absolute atomic E-state index is 0.183. The summed E-state index contributed by atoms with van der Waals surface area (Å²) in [5, 5.41) is 3.16. The van der Waals surface area contributed by atoms with E-state index in [-0.39, 0.29) is 5.91 Å². The Morgan fingerprint density at radius 2 is 2.21 bits per heavy atom. The van der Waals surface area contributed by atoms with Gasteiger partial charge < -0.3 is 15.0 Å². The first-order valence-electron chi connectivity index (χ1n) is 6.77. The van der Waals surface area contributed by atoms with Gasteiger partial charge in [0, 0.05) is 31.4 Å². The minimum Gasteiger partial charge on any atom is -0.481 e. The third-order valence-corrected chi connectivity index (χ3v) is 3.34. The molecule has 0 aliphatic carbocycles. The van der Waals surface area contributed by atoms with Crippen LogP contribution in [0, 0.1) is 0 Å². The molecule has 1 fully saturated rings. The highest BCUT2D eigenvalue weighted by molar-refractivity contribution is 5.78. The van der Waals surface area contributed by atoms with Crippen molar-refractivity contribution in [3.8, 4) is 5.88 Å². The zero-order valence-electron chi connectivity index (χ0n) is 11.4. The average molecular weight is 263 g/mol. The summed E-state index contributed by atoms with van der Waals surface area (Å²) in [4.78, 5) is 18.0. The third-order valence-electron chi connectivity index (χ3n) is 3.34. The van der Waals surface area contributed by atoms with Crippen LogP contribution in [0.5, 0.6) is 5.88 Å². The van der Waals surface area contributed by atoms with Crippen LogP contribution < -0.4 is 10.1 Å². The number of nitrogens with one attached hydrogen (secondary N) is 1. The van der Waals surface area contributed by atoms with Crippen LogP contribution in [0.25, 0.3) is 0 Å². The van der Waals surface area contributed by atoms with Crippen molar-refractivity contribution in [1.29, 1.82) is 0 Å². The van der Waals surface area contributed by atoms with Crippen LogP contribution in [0.2, 0.25) is 0 Å². The summed E-state index contributed by atoms with van der Waals surface area (Å²) in [6, 6.07) is 3.82. The lowest BCUT2D eigenvalue weighted by atomic mass is 10.1. The number of carbonyl (C=O) groups excluding carboxylic acids is 1. The van der Waals surface area contributed by atoms with E-state index in [1.807, 2.05) is 17.0 Å². The highest BCUT2D eigenvalue weighted by Crippen LogP contribution is 2.13. The van der Waals surface area contributed by atoms with Crippen molar-refractivity contribution in [3.05, 3.63) is 23.9 Å². The fraction of sp³-hybridized carbons (Fsp3) is 0.571. The topological polar surface area (TPSA) is 54.5 Å². The first-order valence-corrected chi connectivity index (χ1v) is 6.77. The van der Waals surface area contributed by atoms with Gasteiger partial charge in [0.1, 0.15) is 0 Å². The van der Waals surface area contributed by atoms with Gasteiger partial charge in [-0.1, -0.05) is 6.07 Å². The molecule has 1 aliphatic rings. The summed E-state index contributed by atoms with van der Waals surface area (Å²) in [6.45, 7) is 2.77. The number of rotatable bonds is 5. The van der Waals surface area contributed by atoms with Gasteiger partial charge >= 0.3 is 0 Å². The maximum Gasteiger partial charge on any atom is 0.236 e. The number of aromatic nitrogens is 1. The average Bonchev–Trinajstić information content (AvgIpc) is 2.48. The molecule has 1 saturated heterocycles. The van der Waals surface area contributed by atoms with Gasteiger partial charge in [-0.25, -0.2) is 4.98 Å². The smallest absolute Gasteiger partial charge is 0.236 e. The van der Waals surface area contributed by atoms with Crippen LogP contribution >= 0.6 is 0 Å². The molecule has 2 heterocycles. The number of amides is 1. The molecule has 104 valence electrons. The van der Waals surface area contributed by atoms with E-state index < -0.39 is 0 Å². The van der Waals surface area contributed by atoms with Crippen LogP contribution in [0.3, 0.4) is 0 Å². The van der Waals surface area contributed by atoms with Crippen molar-refractivity contribution in [3.63, 3.8) is 0 Å². The predicted molar refractivity (Wildman–Crippen MR) is 72.9 cm³/mol. The Kier molecular flexibility index (Phi) is 5.15. The Morgan fingerprint density at radius 3 is 2.95 bits per heavy atom. The monoisotopic (exact) mass is 263 g/mol. The van der Waals surface area contributed by atoms with Crippen molar-refractivity contribution in [2.45, 2.75) is 25.8 Å². The SMILES string of the molecule is COc1ncccc1CNCC(=O)N1CCCCC1. The molecule has 0 bridgehead atoms. The Balaban J connectivity index is 1.78. The predicted octanol–water partition coefficient (Wildman–Crippen LogP) is 1.19. The number of pyridine rings is 1. The zero-order valence-corrected chi connectivity index (χ0v) is 11.4. The third kappa shape index (κ3) is 3.92. The fourth-order valence-electron chi connectivity index (χ4n) is 2.30. The summed E-state index contributed by atoms with van der Waals surface area (Å²) in [5.74, 6) is 0.794. The van der Waals surface area contributed by atoms with Crippen LogP contribution in [-0.2, 0) is 11.3 Å². The molecule has 0 radical (unpaired) electrons. The van der Waals surface area contributed by atoms with E-state index in [1.54, 1.807) is 13.3 Å². The first kappa shape index (κ1) is 13.8. The van der Waals surface area contributed by atoms with Crippen LogP contribution in [0.1, 0.15) is 24.8 Å². The number of methoxy groups -OCH3 is 1. The second-order valence-corrected chi connectivity index (χ2v) is 4.72. The van der Waals surface area contributed by atoms with E-state index in [4.69, 9.17) is 4.74 Å². The molecular weight excluding hydrogens is 242 g/mol. The van der Waals surface area contributed by atoms with Crippen LogP contribution in [0.15, 0.2) is 18.3 Å². The quantitative estimate of drug-likeness (QED) is 0.867. The van der Waals surface area contributed by atoms with E-state index in [0.29, 0.717) is 19.0 Å². The van der Waals surface area contributed by atoms with Gasteiger partial charge in [0.25, 0.3) is 0 Å². The molecule has 1 amide bonds. The largest absolute Gasteiger partial charge is 0.481 e. The van der Waals surface area contributed by atoms with Crippen molar-refractivity contribution in [1.82, 2.24) is 15.2 Å². The van der Waals surface area contributed by atoms with Crippen molar-refractivity contribution in [2.24, 2.45) is 0 Å².